The molecule has 0 atom stereocenters. The maximum absolute atomic E-state index is 12.0. The average Bonchev–Trinajstić information content (AvgIpc) is 2.38. The van der Waals surface area contributed by atoms with Gasteiger partial charge in [0.25, 0.3) is 5.91 Å². The van der Waals surface area contributed by atoms with E-state index in [9.17, 15) is 4.79 Å². The zero-order valence-electron chi connectivity index (χ0n) is 10.5. The Balaban J connectivity index is 2.18. The number of ether oxygens (including phenoxy) is 1. The summed E-state index contributed by atoms with van der Waals surface area (Å²) < 4.78 is 5.94. The summed E-state index contributed by atoms with van der Waals surface area (Å²) in [6.07, 6.45) is 0. The molecule has 2 aromatic rings. The fourth-order valence-electron chi connectivity index (χ4n) is 1.48. The standard InChI is InChI=1S/C13H12BrN3O2/c1-8-7-11(19-2)16-13(15-8)17-12(18)9-3-5-10(14)6-4-9/h3-7H,1-2H3,(H,15,16,17,18). The molecule has 0 unspecified atom stereocenters. The van der Waals surface area contributed by atoms with Gasteiger partial charge in [0.15, 0.2) is 0 Å². The molecule has 0 saturated heterocycles. The van der Waals surface area contributed by atoms with Gasteiger partial charge in [-0.25, -0.2) is 4.98 Å². The molecule has 6 heteroatoms. The van der Waals surface area contributed by atoms with Crippen LogP contribution in [0.3, 0.4) is 0 Å². The molecule has 0 radical (unpaired) electrons. The molecule has 1 heterocycles. The molecule has 1 N–H and O–H groups in total. The number of rotatable bonds is 3. The Bertz CT molecular complexity index is 599. The van der Waals surface area contributed by atoms with Crippen LogP contribution in [0.25, 0.3) is 0 Å². The molecule has 0 bridgehead atoms. The number of nitrogens with one attached hydrogen (secondary N) is 1. The smallest absolute Gasteiger partial charge is 0.258 e. The van der Waals surface area contributed by atoms with Gasteiger partial charge in [0.2, 0.25) is 11.8 Å². The van der Waals surface area contributed by atoms with Crippen molar-refractivity contribution in [3.8, 4) is 5.88 Å². The van der Waals surface area contributed by atoms with Crippen LogP contribution in [0.4, 0.5) is 5.95 Å². The van der Waals surface area contributed by atoms with Crippen molar-refractivity contribution < 1.29 is 9.53 Å². The van der Waals surface area contributed by atoms with Gasteiger partial charge in [0.05, 0.1) is 7.11 Å². The van der Waals surface area contributed by atoms with Gasteiger partial charge >= 0.3 is 0 Å². The first-order chi connectivity index (χ1) is 9.08. The number of nitrogens with zero attached hydrogens (tertiary/aromatic N) is 2. The highest BCUT2D eigenvalue weighted by Crippen LogP contribution is 2.14. The van der Waals surface area contributed by atoms with E-state index in [1.807, 2.05) is 0 Å². The number of amides is 1. The lowest BCUT2D eigenvalue weighted by molar-refractivity contribution is 0.102. The van der Waals surface area contributed by atoms with Crippen LogP contribution in [0, 0.1) is 6.92 Å². The van der Waals surface area contributed by atoms with Gasteiger partial charge in [0, 0.05) is 21.8 Å². The van der Waals surface area contributed by atoms with E-state index in [1.54, 1.807) is 37.3 Å². The number of hydrogen-bond donors (Lipinski definition) is 1. The summed E-state index contributed by atoms with van der Waals surface area (Å²) in [6, 6.07) is 8.72. The maximum atomic E-state index is 12.0. The molecule has 0 aliphatic rings. The van der Waals surface area contributed by atoms with Crippen molar-refractivity contribution in [2.75, 3.05) is 12.4 Å². The molecule has 0 aliphatic carbocycles. The summed E-state index contributed by atoms with van der Waals surface area (Å²) >= 11 is 3.32. The van der Waals surface area contributed by atoms with Crippen LogP contribution in [-0.2, 0) is 0 Å². The molecule has 0 saturated carbocycles. The fourth-order valence-corrected chi connectivity index (χ4v) is 1.74. The van der Waals surface area contributed by atoms with E-state index in [2.05, 4.69) is 31.2 Å². The van der Waals surface area contributed by atoms with Crippen LogP contribution < -0.4 is 10.1 Å². The Morgan fingerprint density at radius 1 is 1.26 bits per heavy atom. The first-order valence-electron chi connectivity index (χ1n) is 5.55. The molecule has 2 rings (SSSR count). The molecule has 19 heavy (non-hydrogen) atoms. The number of hydrogen-bond acceptors (Lipinski definition) is 4. The third-order valence-corrected chi connectivity index (χ3v) is 2.90. The van der Waals surface area contributed by atoms with E-state index in [0.29, 0.717) is 11.4 Å². The van der Waals surface area contributed by atoms with Crippen LogP contribution in [0.5, 0.6) is 5.88 Å². The van der Waals surface area contributed by atoms with Gasteiger partial charge in [-0.15, -0.1) is 0 Å². The van der Waals surface area contributed by atoms with Crippen LogP contribution in [0.1, 0.15) is 16.1 Å². The van der Waals surface area contributed by atoms with Crippen molar-refractivity contribution in [2.45, 2.75) is 6.92 Å². The van der Waals surface area contributed by atoms with Crippen molar-refractivity contribution in [2.24, 2.45) is 0 Å². The van der Waals surface area contributed by atoms with E-state index in [0.717, 1.165) is 10.2 Å². The zero-order chi connectivity index (χ0) is 13.8. The summed E-state index contributed by atoms with van der Waals surface area (Å²) in [5.41, 5.74) is 1.25. The summed E-state index contributed by atoms with van der Waals surface area (Å²) in [7, 11) is 1.52. The minimum absolute atomic E-state index is 0.227. The minimum atomic E-state index is -0.264. The first-order valence-corrected chi connectivity index (χ1v) is 6.34. The van der Waals surface area contributed by atoms with Crippen molar-refractivity contribution in [3.63, 3.8) is 0 Å². The van der Waals surface area contributed by atoms with Gasteiger partial charge in [0.1, 0.15) is 0 Å². The molecule has 0 spiro atoms. The third kappa shape index (κ3) is 3.51. The Hall–Kier alpha value is -1.95. The molecule has 0 fully saturated rings. The Morgan fingerprint density at radius 3 is 2.58 bits per heavy atom. The lowest BCUT2D eigenvalue weighted by Gasteiger charge is -2.06. The number of anilines is 1. The molecule has 1 aromatic heterocycles. The third-order valence-electron chi connectivity index (χ3n) is 2.37. The lowest BCUT2D eigenvalue weighted by atomic mass is 10.2. The van der Waals surface area contributed by atoms with Crippen LogP contribution in [0.15, 0.2) is 34.8 Å². The Kier molecular flexibility index (Phi) is 4.11. The number of methoxy groups -OCH3 is 1. The molecule has 1 aromatic carbocycles. The van der Waals surface area contributed by atoms with Gasteiger partial charge < -0.3 is 4.74 Å². The van der Waals surface area contributed by atoms with Crippen molar-refractivity contribution in [1.82, 2.24) is 9.97 Å². The van der Waals surface area contributed by atoms with Crippen LogP contribution in [0.2, 0.25) is 0 Å². The molecule has 1 amide bonds. The normalized spacial score (nSPS) is 10.1. The van der Waals surface area contributed by atoms with Gasteiger partial charge in [-0.2, -0.15) is 4.98 Å². The number of aryl methyl sites for hydroxylation is 1. The molecule has 0 aliphatic heterocycles. The molecular weight excluding hydrogens is 310 g/mol. The summed E-state index contributed by atoms with van der Waals surface area (Å²) in [5.74, 6) is 0.378. The topological polar surface area (TPSA) is 64.1 Å². The molecule has 98 valence electrons. The number of carbonyl (C=O) groups is 1. The van der Waals surface area contributed by atoms with Crippen LogP contribution >= 0.6 is 15.9 Å². The van der Waals surface area contributed by atoms with Crippen molar-refractivity contribution >= 4 is 27.8 Å². The second-order valence-electron chi connectivity index (χ2n) is 3.84. The highest BCUT2D eigenvalue weighted by Gasteiger charge is 2.09. The number of carbonyl (C=O) groups excluding carboxylic acids is 1. The van der Waals surface area contributed by atoms with Crippen molar-refractivity contribution in [1.29, 1.82) is 0 Å². The number of halogens is 1. The van der Waals surface area contributed by atoms with Gasteiger partial charge in [-0.05, 0) is 31.2 Å². The molecule has 5 nitrogen and oxygen atoms in total. The highest BCUT2D eigenvalue weighted by molar-refractivity contribution is 9.10. The Labute approximate surface area is 119 Å². The first kappa shape index (κ1) is 13.5. The quantitative estimate of drug-likeness (QED) is 0.944. The summed E-state index contributed by atoms with van der Waals surface area (Å²) in [6.45, 7) is 1.81. The predicted molar refractivity (Wildman–Crippen MR) is 75.4 cm³/mol. The number of benzene rings is 1. The van der Waals surface area contributed by atoms with Crippen LogP contribution in [-0.4, -0.2) is 23.0 Å². The van der Waals surface area contributed by atoms with E-state index in [4.69, 9.17) is 4.74 Å². The molecular formula is C13H12BrN3O2. The monoisotopic (exact) mass is 321 g/mol. The number of aromatic nitrogens is 2. The maximum Gasteiger partial charge on any atom is 0.258 e. The minimum Gasteiger partial charge on any atom is -0.481 e. The SMILES string of the molecule is COc1cc(C)nc(NC(=O)c2ccc(Br)cc2)n1. The van der Waals surface area contributed by atoms with E-state index in [1.165, 1.54) is 7.11 Å². The van der Waals surface area contributed by atoms with Crippen molar-refractivity contribution in [3.05, 3.63) is 46.1 Å². The lowest BCUT2D eigenvalue weighted by Crippen LogP contribution is -2.14. The largest absolute Gasteiger partial charge is 0.481 e. The predicted octanol–water partition coefficient (Wildman–Crippen LogP) is 2.81. The summed E-state index contributed by atoms with van der Waals surface area (Å²) in [5, 5.41) is 2.64. The second kappa shape index (κ2) is 5.79. The zero-order valence-corrected chi connectivity index (χ0v) is 12.1. The van der Waals surface area contributed by atoms with Gasteiger partial charge in [-0.3, -0.25) is 10.1 Å². The average molecular weight is 322 g/mol. The van der Waals surface area contributed by atoms with E-state index >= 15 is 0 Å². The van der Waals surface area contributed by atoms with E-state index < -0.39 is 0 Å². The summed E-state index contributed by atoms with van der Waals surface area (Å²) in [4.78, 5) is 20.2. The Morgan fingerprint density at radius 2 is 1.95 bits per heavy atom. The highest BCUT2D eigenvalue weighted by atomic mass is 79.9. The van der Waals surface area contributed by atoms with E-state index in [-0.39, 0.29) is 11.9 Å². The fraction of sp³-hybridized carbons (Fsp3) is 0.154. The van der Waals surface area contributed by atoms with Gasteiger partial charge in [-0.1, -0.05) is 15.9 Å². The second-order valence-corrected chi connectivity index (χ2v) is 4.75.